The van der Waals surface area contributed by atoms with Crippen LogP contribution in [0.25, 0.3) is 0 Å². The number of nitrogens with zero attached hydrogens (tertiary/aromatic N) is 1. The van der Waals surface area contributed by atoms with Crippen LogP contribution in [0.15, 0.2) is 18.2 Å². The number of halogens is 2. The molecule has 6 heteroatoms. The number of piperazine rings is 1. The van der Waals surface area contributed by atoms with Gasteiger partial charge < -0.3 is 5.32 Å². The molecule has 2 unspecified atom stereocenters. The van der Waals surface area contributed by atoms with Gasteiger partial charge in [0.2, 0.25) is 5.91 Å². The highest BCUT2D eigenvalue weighted by Gasteiger charge is 2.47. The van der Waals surface area contributed by atoms with Gasteiger partial charge in [0.15, 0.2) is 0 Å². The van der Waals surface area contributed by atoms with Crippen LogP contribution < -0.4 is 10.2 Å². The highest BCUT2D eigenvalue weighted by atomic mass is 19.1. The number of hydrogen-bond acceptors (Lipinski definition) is 2. The SMILES string of the molecule is CC1C(=O)NC(C2CC2)C(=O)N1c1c(F)cccc1F. The molecule has 1 saturated carbocycles. The molecule has 1 aromatic rings. The van der Waals surface area contributed by atoms with E-state index in [0.29, 0.717) is 0 Å². The molecule has 1 saturated heterocycles. The number of hydrogen-bond donors (Lipinski definition) is 1. The second-order valence-corrected chi connectivity index (χ2v) is 5.28. The van der Waals surface area contributed by atoms with Crippen molar-refractivity contribution < 1.29 is 18.4 Å². The summed E-state index contributed by atoms with van der Waals surface area (Å²) in [4.78, 5) is 25.3. The third kappa shape index (κ3) is 1.95. The molecule has 2 amide bonds. The molecule has 2 aliphatic rings. The Kier molecular flexibility index (Phi) is 2.96. The van der Waals surface area contributed by atoms with E-state index in [-0.39, 0.29) is 11.8 Å². The quantitative estimate of drug-likeness (QED) is 0.894. The zero-order chi connectivity index (χ0) is 14.4. The van der Waals surface area contributed by atoms with Crippen LogP contribution in [0.4, 0.5) is 14.5 Å². The summed E-state index contributed by atoms with van der Waals surface area (Å²) in [7, 11) is 0. The molecule has 1 aromatic carbocycles. The standard InChI is InChI=1S/C14H14F2N2O2/c1-7-13(19)17-11(8-5-6-8)14(20)18(7)12-9(15)3-2-4-10(12)16/h2-4,7-8,11H,5-6H2,1H3,(H,17,19). The van der Waals surface area contributed by atoms with Crippen LogP contribution in [0, 0.1) is 17.6 Å². The summed E-state index contributed by atoms with van der Waals surface area (Å²) in [5.41, 5.74) is -0.439. The summed E-state index contributed by atoms with van der Waals surface area (Å²) in [6.45, 7) is 1.46. The van der Waals surface area contributed by atoms with Crippen molar-refractivity contribution >= 4 is 17.5 Å². The fraction of sp³-hybridized carbons (Fsp3) is 0.429. The van der Waals surface area contributed by atoms with Gasteiger partial charge in [-0.2, -0.15) is 0 Å². The van der Waals surface area contributed by atoms with Crippen LogP contribution in [0.1, 0.15) is 19.8 Å². The minimum Gasteiger partial charge on any atom is -0.342 e. The number of carbonyl (C=O) groups excluding carboxylic acids is 2. The normalized spacial score (nSPS) is 26.6. The van der Waals surface area contributed by atoms with E-state index in [1.807, 2.05) is 0 Å². The first kappa shape index (κ1) is 13.0. The molecule has 1 N–H and O–H groups in total. The summed E-state index contributed by atoms with van der Waals surface area (Å²) in [6, 6.07) is 1.79. The average molecular weight is 280 g/mol. The second kappa shape index (κ2) is 4.54. The van der Waals surface area contributed by atoms with Crippen molar-refractivity contribution in [2.45, 2.75) is 31.8 Å². The Hall–Kier alpha value is -1.98. The maximum atomic E-state index is 13.9. The van der Waals surface area contributed by atoms with Gasteiger partial charge in [0.25, 0.3) is 5.91 Å². The molecule has 2 fully saturated rings. The van der Waals surface area contributed by atoms with E-state index in [0.717, 1.165) is 29.9 Å². The first-order valence-electron chi connectivity index (χ1n) is 6.58. The number of rotatable bonds is 2. The van der Waals surface area contributed by atoms with Crippen LogP contribution in [-0.4, -0.2) is 23.9 Å². The van der Waals surface area contributed by atoms with Crippen molar-refractivity contribution in [2.24, 2.45) is 5.92 Å². The van der Waals surface area contributed by atoms with Gasteiger partial charge in [-0.15, -0.1) is 0 Å². The molecule has 0 aromatic heterocycles. The number of nitrogens with one attached hydrogen (secondary N) is 1. The predicted octanol–water partition coefficient (Wildman–Crippen LogP) is 1.59. The highest BCUT2D eigenvalue weighted by Crippen LogP contribution is 2.37. The summed E-state index contributed by atoms with van der Waals surface area (Å²) in [5, 5.41) is 2.64. The van der Waals surface area contributed by atoms with Crippen LogP contribution in [0.5, 0.6) is 0 Å². The van der Waals surface area contributed by atoms with Crippen LogP contribution in [0.2, 0.25) is 0 Å². The smallest absolute Gasteiger partial charge is 0.250 e. The Morgan fingerprint density at radius 2 is 1.80 bits per heavy atom. The number of benzene rings is 1. The van der Waals surface area contributed by atoms with E-state index in [9.17, 15) is 18.4 Å². The maximum absolute atomic E-state index is 13.9. The molecule has 1 aliphatic carbocycles. The minimum absolute atomic E-state index is 0.0799. The van der Waals surface area contributed by atoms with Gasteiger partial charge in [0.05, 0.1) is 0 Å². The van der Waals surface area contributed by atoms with Crippen molar-refractivity contribution in [3.8, 4) is 0 Å². The third-order valence-corrected chi connectivity index (χ3v) is 3.84. The largest absolute Gasteiger partial charge is 0.342 e. The number of para-hydroxylation sites is 1. The van der Waals surface area contributed by atoms with Gasteiger partial charge in [-0.25, -0.2) is 8.78 Å². The fourth-order valence-corrected chi connectivity index (χ4v) is 2.57. The molecular weight excluding hydrogens is 266 g/mol. The first-order chi connectivity index (χ1) is 9.50. The van der Waals surface area contributed by atoms with E-state index in [1.165, 1.54) is 13.0 Å². The van der Waals surface area contributed by atoms with Gasteiger partial charge in [0, 0.05) is 0 Å². The molecule has 1 heterocycles. The lowest BCUT2D eigenvalue weighted by molar-refractivity contribution is -0.134. The summed E-state index contributed by atoms with van der Waals surface area (Å²) in [5.74, 6) is -2.42. The molecule has 4 nitrogen and oxygen atoms in total. The van der Waals surface area contributed by atoms with Gasteiger partial charge in [-0.3, -0.25) is 14.5 Å². The molecule has 0 radical (unpaired) electrons. The van der Waals surface area contributed by atoms with E-state index >= 15 is 0 Å². The Morgan fingerprint density at radius 1 is 1.20 bits per heavy atom. The molecule has 106 valence electrons. The zero-order valence-corrected chi connectivity index (χ0v) is 10.9. The summed E-state index contributed by atoms with van der Waals surface area (Å²) >= 11 is 0. The molecule has 3 rings (SSSR count). The minimum atomic E-state index is -0.927. The van der Waals surface area contributed by atoms with Crippen LogP contribution >= 0.6 is 0 Å². The van der Waals surface area contributed by atoms with E-state index < -0.39 is 35.3 Å². The molecule has 0 spiro atoms. The summed E-state index contributed by atoms with van der Waals surface area (Å²) in [6.07, 6.45) is 1.69. The lowest BCUT2D eigenvalue weighted by Gasteiger charge is -2.37. The van der Waals surface area contributed by atoms with Gasteiger partial charge >= 0.3 is 0 Å². The predicted molar refractivity (Wildman–Crippen MR) is 68.0 cm³/mol. The topological polar surface area (TPSA) is 49.4 Å². The van der Waals surface area contributed by atoms with Crippen molar-refractivity contribution in [3.05, 3.63) is 29.8 Å². The maximum Gasteiger partial charge on any atom is 0.250 e. The molecule has 2 atom stereocenters. The number of amides is 2. The highest BCUT2D eigenvalue weighted by molar-refractivity contribution is 6.08. The van der Waals surface area contributed by atoms with Gasteiger partial charge in [-0.1, -0.05) is 6.07 Å². The number of carbonyl (C=O) groups is 2. The lowest BCUT2D eigenvalue weighted by Crippen LogP contribution is -2.63. The van der Waals surface area contributed by atoms with Crippen molar-refractivity contribution in [2.75, 3.05) is 4.90 Å². The first-order valence-corrected chi connectivity index (χ1v) is 6.58. The molecule has 0 bridgehead atoms. The average Bonchev–Trinajstić information content (AvgIpc) is 3.21. The lowest BCUT2D eigenvalue weighted by atomic mass is 10.0. The van der Waals surface area contributed by atoms with Crippen LogP contribution in [0.3, 0.4) is 0 Å². The van der Waals surface area contributed by atoms with Crippen molar-refractivity contribution in [1.82, 2.24) is 5.32 Å². The van der Waals surface area contributed by atoms with Crippen LogP contribution in [-0.2, 0) is 9.59 Å². The molecule has 20 heavy (non-hydrogen) atoms. The van der Waals surface area contributed by atoms with E-state index in [1.54, 1.807) is 0 Å². The Morgan fingerprint density at radius 3 is 2.35 bits per heavy atom. The number of anilines is 1. The fourth-order valence-electron chi connectivity index (χ4n) is 2.57. The monoisotopic (exact) mass is 280 g/mol. The van der Waals surface area contributed by atoms with Gasteiger partial charge in [0.1, 0.15) is 29.4 Å². The third-order valence-electron chi connectivity index (χ3n) is 3.84. The van der Waals surface area contributed by atoms with E-state index in [4.69, 9.17) is 0 Å². The Labute approximate surface area is 114 Å². The van der Waals surface area contributed by atoms with Crippen molar-refractivity contribution in [1.29, 1.82) is 0 Å². The molecular formula is C14H14F2N2O2. The zero-order valence-electron chi connectivity index (χ0n) is 10.9. The Balaban J connectivity index is 2.04. The van der Waals surface area contributed by atoms with Gasteiger partial charge in [-0.05, 0) is 37.8 Å². The Bertz CT molecular complexity index is 566. The second-order valence-electron chi connectivity index (χ2n) is 5.28. The molecule has 1 aliphatic heterocycles. The van der Waals surface area contributed by atoms with Crippen molar-refractivity contribution in [3.63, 3.8) is 0 Å². The summed E-state index contributed by atoms with van der Waals surface area (Å²) < 4.78 is 27.8. The van der Waals surface area contributed by atoms with E-state index in [2.05, 4.69) is 5.32 Å².